The minimum Gasteiger partial charge on any atom is -0.494 e. The Balaban J connectivity index is 1.58. The van der Waals surface area contributed by atoms with Gasteiger partial charge in [0.05, 0.1) is 23.1 Å². The Morgan fingerprint density at radius 2 is 1.86 bits per heavy atom. The van der Waals surface area contributed by atoms with Crippen LogP contribution in [-0.4, -0.2) is 30.9 Å². The second kappa shape index (κ2) is 9.15. The predicted molar refractivity (Wildman–Crippen MR) is 110 cm³/mol. The van der Waals surface area contributed by atoms with Gasteiger partial charge in [-0.15, -0.1) is 0 Å². The molecular formula is C20H19Cl2N3O4. The van der Waals surface area contributed by atoms with E-state index in [2.05, 4.69) is 10.9 Å². The van der Waals surface area contributed by atoms with Gasteiger partial charge in [0.1, 0.15) is 5.75 Å². The molecule has 152 valence electrons. The average molecular weight is 436 g/mol. The van der Waals surface area contributed by atoms with Crippen LogP contribution < -0.4 is 20.5 Å². The zero-order valence-corrected chi connectivity index (χ0v) is 17.1. The fraction of sp³-hybridized carbons (Fsp3) is 0.250. The Kier molecular flexibility index (Phi) is 6.61. The van der Waals surface area contributed by atoms with Gasteiger partial charge >= 0.3 is 0 Å². The number of anilines is 1. The highest BCUT2D eigenvalue weighted by Gasteiger charge is 2.35. The van der Waals surface area contributed by atoms with Crippen molar-refractivity contribution in [3.05, 3.63) is 58.1 Å². The first-order valence-electron chi connectivity index (χ1n) is 8.97. The maximum absolute atomic E-state index is 12.4. The highest BCUT2D eigenvalue weighted by Crippen LogP contribution is 2.27. The highest BCUT2D eigenvalue weighted by atomic mass is 35.5. The van der Waals surface area contributed by atoms with Gasteiger partial charge in [0.2, 0.25) is 11.8 Å². The zero-order valence-electron chi connectivity index (χ0n) is 15.6. The van der Waals surface area contributed by atoms with Crippen LogP contribution in [0.15, 0.2) is 42.5 Å². The van der Waals surface area contributed by atoms with Crippen molar-refractivity contribution >= 4 is 46.6 Å². The molecule has 1 aliphatic rings. The third-order valence-corrected chi connectivity index (χ3v) is 4.98. The molecule has 2 aromatic carbocycles. The summed E-state index contributed by atoms with van der Waals surface area (Å²) in [5, 5.41) is 0.566. The molecule has 0 spiro atoms. The largest absolute Gasteiger partial charge is 0.494 e. The maximum atomic E-state index is 12.4. The van der Waals surface area contributed by atoms with Crippen LogP contribution in [0.25, 0.3) is 0 Å². The van der Waals surface area contributed by atoms with E-state index in [0.717, 1.165) is 0 Å². The minimum atomic E-state index is -0.588. The van der Waals surface area contributed by atoms with Crippen LogP contribution in [-0.2, 0) is 9.59 Å². The van der Waals surface area contributed by atoms with E-state index >= 15 is 0 Å². The number of hydrazine groups is 1. The normalized spacial score (nSPS) is 15.9. The van der Waals surface area contributed by atoms with Crippen molar-refractivity contribution in [3.8, 4) is 5.75 Å². The van der Waals surface area contributed by atoms with Crippen molar-refractivity contribution < 1.29 is 19.1 Å². The van der Waals surface area contributed by atoms with Crippen LogP contribution >= 0.6 is 23.2 Å². The van der Waals surface area contributed by atoms with Crippen LogP contribution in [0.3, 0.4) is 0 Å². The van der Waals surface area contributed by atoms with E-state index in [1.807, 2.05) is 6.92 Å². The van der Waals surface area contributed by atoms with Crippen molar-refractivity contribution in [1.29, 1.82) is 0 Å². The topological polar surface area (TPSA) is 87.7 Å². The van der Waals surface area contributed by atoms with E-state index in [-0.39, 0.29) is 29.5 Å². The summed E-state index contributed by atoms with van der Waals surface area (Å²) in [6, 6.07) is 11.5. The zero-order chi connectivity index (χ0) is 21.0. The van der Waals surface area contributed by atoms with Crippen molar-refractivity contribution in [3.63, 3.8) is 0 Å². The first-order valence-corrected chi connectivity index (χ1v) is 9.73. The molecule has 3 amide bonds. The minimum absolute atomic E-state index is 0.0522. The number of carbonyl (C=O) groups is 3. The van der Waals surface area contributed by atoms with E-state index in [1.54, 1.807) is 24.3 Å². The number of amides is 3. The second-order valence-corrected chi connectivity index (χ2v) is 7.24. The third-order valence-electron chi connectivity index (χ3n) is 4.43. The Morgan fingerprint density at radius 3 is 2.52 bits per heavy atom. The number of ether oxygens (including phenoxy) is 1. The van der Waals surface area contributed by atoms with Crippen LogP contribution in [0.2, 0.25) is 10.0 Å². The van der Waals surface area contributed by atoms with Gasteiger partial charge in [-0.2, -0.15) is 0 Å². The molecule has 9 heteroatoms. The van der Waals surface area contributed by atoms with Gasteiger partial charge in [-0.3, -0.25) is 25.2 Å². The molecule has 0 aromatic heterocycles. The lowest BCUT2D eigenvalue weighted by Gasteiger charge is -2.17. The quantitative estimate of drug-likeness (QED) is 0.705. The van der Waals surface area contributed by atoms with Gasteiger partial charge in [0.15, 0.2) is 0 Å². The summed E-state index contributed by atoms with van der Waals surface area (Å²) in [4.78, 5) is 38.5. The van der Waals surface area contributed by atoms with E-state index < -0.39 is 17.7 Å². The first kappa shape index (κ1) is 21.0. The molecule has 2 N–H and O–H groups in total. The third kappa shape index (κ3) is 4.99. The molecule has 0 radical (unpaired) electrons. The average Bonchev–Trinajstić information content (AvgIpc) is 3.08. The van der Waals surface area contributed by atoms with Gasteiger partial charge < -0.3 is 9.64 Å². The fourth-order valence-electron chi connectivity index (χ4n) is 2.98. The monoisotopic (exact) mass is 435 g/mol. The molecule has 0 saturated carbocycles. The Labute approximate surface area is 177 Å². The summed E-state index contributed by atoms with van der Waals surface area (Å²) in [5.74, 6) is -1.07. The molecule has 29 heavy (non-hydrogen) atoms. The summed E-state index contributed by atoms with van der Waals surface area (Å²) in [6.45, 7) is 2.66. The molecule has 1 saturated heterocycles. The highest BCUT2D eigenvalue weighted by molar-refractivity contribution is 6.36. The molecule has 7 nitrogen and oxygen atoms in total. The number of rotatable bonds is 5. The predicted octanol–water partition coefficient (Wildman–Crippen LogP) is 3.21. The summed E-state index contributed by atoms with van der Waals surface area (Å²) < 4.78 is 5.39. The summed E-state index contributed by atoms with van der Waals surface area (Å²) in [5.41, 5.74) is 5.53. The number of nitrogens with one attached hydrogen (secondary N) is 2. The maximum Gasteiger partial charge on any atom is 0.271 e. The van der Waals surface area contributed by atoms with Gasteiger partial charge in [-0.25, -0.2) is 0 Å². The summed E-state index contributed by atoms with van der Waals surface area (Å²) >= 11 is 11.8. The molecule has 1 heterocycles. The molecule has 0 bridgehead atoms. The molecular weight excluding hydrogens is 417 g/mol. The van der Waals surface area contributed by atoms with Crippen molar-refractivity contribution in [2.45, 2.75) is 13.3 Å². The van der Waals surface area contributed by atoms with Gasteiger partial charge in [-0.05, 0) is 49.4 Å². The van der Waals surface area contributed by atoms with E-state index in [0.29, 0.717) is 23.1 Å². The lowest BCUT2D eigenvalue weighted by molar-refractivity contribution is -0.126. The van der Waals surface area contributed by atoms with Gasteiger partial charge in [-0.1, -0.05) is 23.2 Å². The molecule has 1 fully saturated rings. The van der Waals surface area contributed by atoms with E-state index in [9.17, 15) is 14.4 Å². The van der Waals surface area contributed by atoms with Crippen LogP contribution in [0.1, 0.15) is 23.7 Å². The number of hydrogen-bond donors (Lipinski definition) is 2. The lowest BCUT2D eigenvalue weighted by atomic mass is 10.1. The molecule has 0 unspecified atom stereocenters. The van der Waals surface area contributed by atoms with Crippen molar-refractivity contribution in [1.82, 2.24) is 10.9 Å². The van der Waals surface area contributed by atoms with Crippen molar-refractivity contribution in [2.75, 3.05) is 18.1 Å². The fourth-order valence-corrected chi connectivity index (χ4v) is 3.48. The van der Waals surface area contributed by atoms with E-state index in [1.165, 1.54) is 23.1 Å². The summed E-state index contributed by atoms with van der Waals surface area (Å²) in [6.07, 6.45) is 0.0522. The van der Waals surface area contributed by atoms with Crippen LogP contribution in [0.5, 0.6) is 5.75 Å². The number of hydrogen-bond acceptors (Lipinski definition) is 4. The number of benzene rings is 2. The molecule has 1 aliphatic heterocycles. The van der Waals surface area contributed by atoms with Gasteiger partial charge in [0.25, 0.3) is 5.91 Å². The SMILES string of the molecule is CCOc1ccc(N2C[C@H](C(=O)NNC(=O)c3ccc(Cl)cc3Cl)CC2=O)cc1. The first-order chi connectivity index (χ1) is 13.9. The molecule has 1 atom stereocenters. The van der Waals surface area contributed by atoms with Crippen LogP contribution in [0, 0.1) is 5.92 Å². The molecule has 3 rings (SSSR count). The Bertz CT molecular complexity index is 934. The number of carbonyl (C=O) groups excluding carboxylic acids is 3. The smallest absolute Gasteiger partial charge is 0.271 e. The van der Waals surface area contributed by atoms with Crippen LogP contribution in [0.4, 0.5) is 5.69 Å². The van der Waals surface area contributed by atoms with E-state index in [4.69, 9.17) is 27.9 Å². The lowest BCUT2D eigenvalue weighted by Crippen LogP contribution is -2.45. The molecule has 2 aromatic rings. The van der Waals surface area contributed by atoms with Crippen molar-refractivity contribution in [2.24, 2.45) is 5.92 Å². The molecule has 0 aliphatic carbocycles. The number of halogens is 2. The Hall–Kier alpha value is -2.77. The second-order valence-electron chi connectivity index (χ2n) is 6.40. The summed E-state index contributed by atoms with van der Waals surface area (Å²) in [7, 11) is 0. The standard InChI is InChI=1S/C20H19Cl2N3O4/c1-2-29-15-6-4-14(5-7-15)25-11-12(9-18(25)26)19(27)23-24-20(28)16-8-3-13(21)10-17(16)22/h3-8,10,12H,2,9,11H2,1H3,(H,23,27)(H,24,28)/t12-/m1/s1. The number of nitrogens with zero attached hydrogens (tertiary/aromatic N) is 1. The van der Waals surface area contributed by atoms with Gasteiger partial charge in [0, 0.05) is 23.7 Å². The Morgan fingerprint density at radius 1 is 1.14 bits per heavy atom.